The summed E-state index contributed by atoms with van der Waals surface area (Å²) in [6.07, 6.45) is 4.39. The zero-order valence-corrected chi connectivity index (χ0v) is 19.2. The number of unbranched alkanes of at least 4 members (excludes halogenated alkanes) is 2. The van der Waals surface area contributed by atoms with Crippen molar-refractivity contribution in [2.75, 3.05) is 13.1 Å². The topological polar surface area (TPSA) is 179 Å². The van der Waals surface area contributed by atoms with E-state index < -0.39 is 11.9 Å². The summed E-state index contributed by atoms with van der Waals surface area (Å²) >= 11 is 0. The molecule has 0 heterocycles. The second-order valence-electron chi connectivity index (χ2n) is 8.27. The van der Waals surface area contributed by atoms with Gasteiger partial charge < -0.3 is 31.2 Å². The summed E-state index contributed by atoms with van der Waals surface area (Å²) in [7, 11) is 0. The van der Waals surface area contributed by atoms with E-state index in [9.17, 15) is 9.59 Å². The molecule has 0 amide bonds. The average molecular weight is 437 g/mol. The molecule has 0 rings (SSSR count). The fraction of sp³-hybridized carbons (Fsp3) is 0.800. The average Bonchev–Trinajstić information content (AvgIpc) is 2.53. The van der Waals surface area contributed by atoms with Crippen LogP contribution < -0.4 is 11.5 Å². The lowest BCUT2D eigenvalue weighted by Gasteiger charge is -2.19. The first kappa shape index (κ1) is 32.5. The smallest absolute Gasteiger partial charge is 0.414 e. The van der Waals surface area contributed by atoms with Crippen LogP contribution >= 0.6 is 0 Å². The number of carboxylic acids is 2. The molecule has 0 aliphatic carbocycles. The molecule has 178 valence electrons. The molecule has 0 aromatic heterocycles. The summed E-state index contributed by atoms with van der Waals surface area (Å²) in [4.78, 5) is 40.3. The van der Waals surface area contributed by atoms with E-state index >= 15 is 0 Å². The maximum absolute atomic E-state index is 11.1. The highest BCUT2D eigenvalue weighted by Crippen LogP contribution is 2.10. The van der Waals surface area contributed by atoms with Gasteiger partial charge in [0.25, 0.3) is 0 Å². The van der Waals surface area contributed by atoms with E-state index in [2.05, 4.69) is 0 Å². The van der Waals surface area contributed by atoms with E-state index in [-0.39, 0.29) is 23.1 Å². The molecule has 0 aromatic rings. The van der Waals surface area contributed by atoms with Crippen molar-refractivity contribution in [3.8, 4) is 0 Å². The molecule has 30 heavy (non-hydrogen) atoms. The monoisotopic (exact) mass is 436 g/mol. The number of hydrogen-bond acceptors (Lipinski definition) is 8. The van der Waals surface area contributed by atoms with Crippen LogP contribution in [-0.4, -0.2) is 58.4 Å². The highest BCUT2D eigenvalue weighted by atomic mass is 16.6. The molecule has 0 bridgehead atoms. The van der Waals surface area contributed by atoms with Crippen molar-refractivity contribution < 1.29 is 38.9 Å². The van der Waals surface area contributed by atoms with Crippen molar-refractivity contribution in [3.63, 3.8) is 0 Å². The Labute approximate surface area is 179 Å². The predicted octanol–water partition coefficient (Wildman–Crippen LogP) is 2.07. The second kappa shape index (κ2) is 17.6. The van der Waals surface area contributed by atoms with Crippen LogP contribution in [0.25, 0.3) is 0 Å². The van der Waals surface area contributed by atoms with Gasteiger partial charge in [0, 0.05) is 12.8 Å². The number of carbonyl (C=O) groups is 4. The summed E-state index contributed by atoms with van der Waals surface area (Å²) in [6, 6.07) is 0. The van der Waals surface area contributed by atoms with Gasteiger partial charge in [0.2, 0.25) is 0 Å². The SMILES string of the molecule is CC(C)(C)OC(=O)CCCCN.CC(C)(C)OC(=O)CCCCN.O=C(O)C(=O)O. The number of ether oxygens (including phenoxy) is 2. The molecule has 6 N–H and O–H groups in total. The van der Waals surface area contributed by atoms with Crippen molar-refractivity contribution in [1.29, 1.82) is 0 Å². The lowest BCUT2D eigenvalue weighted by molar-refractivity contribution is -0.159. The van der Waals surface area contributed by atoms with Gasteiger partial charge in [0.05, 0.1) is 0 Å². The van der Waals surface area contributed by atoms with Gasteiger partial charge in [-0.25, -0.2) is 9.59 Å². The molecule has 0 fully saturated rings. The minimum atomic E-state index is -1.82. The van der Waals surface area contributed by atoms with Crippen LogP contribution in [0.3, 0.4) is 0 Å². The maximum Gasteiger partial charge on any atom is 0.414 e. The molecular weight excluding hydrogens is 396 g/mol. The molecule has 0 aliphatic heterocycles. The standard InChI is InChI=1S/2C9H19NO2.C2H2O4/c2*1-9(2,3)12-8(11)6-4-5-7-10;3-1(4)2(5)6/h2*4-7,10H2,1-3H3;(H,3,4)(H,5,6). The van der Waals surface area contributed by atoms with Gasteiger partial charge in [-0.15, -0.1) is 0 Å². The lowest BCUT2D eigenvalue weighted by Crippen LogP contribution is -2.23. The first-order valence-electron chi connectivity index (χ1n) is 9.85. The highest BCUT2D eigenvalue weighted by Gasteiger charge is 2.16. The number of esters is 2. The zero-order chi connectivity index (χ0) is 24.4. The molecule has 0 unspecified atom stereocenters. The van der Waals surface area contributed by atoms with Gasteiger partial charge in [-0.05, 0) is 80.3 Å². The molecule has 10 nitrogen and oxygen atoms in total. The Balaban J connectivity index is -0.000000386. The summed E-state index contributed by atoms with van der Waals surface area (Å²) in [5.41, 5.74) is 9.86. The highest BCUT2D eigenvalue weighted by molar-refractivity contribution is 6.27. The summed E-state index contributed by atoms with van der Waals surface area (Å²) < 4.78 is 10.2. The third-order valence-electron chi connectivity index (χ3n) is 2.69. The number of hydrogen-bond donors (Lipinski definition) is 4. The Bertz CT molecular complexity index is 462. The molecule has 0 atom stereocenters. The fourth-order valence-corrected chi connectivity index (χ4v) is 1.61. The summed E-state index contributed by atoms with van der Waals surface area (Å²) in [6.45, 7) is 12.5. The normalized spacial score (nSPS) is 10.5. The van der Waals surface area contributed by atoms with Crippen molar-refractivity contribution >= 4 is 23.9 Å². The Kier molecular flexibility index (Phi) is 19.1. The van der Waals surface area contributed by atoms with Crippen molar-refractivity contribution in [1.82, 2.24) is 0 Å². The minimum Gasteiger partial charge on any atom is -0.473 e. The number of rotatable bonds is 8. The predicted molar refractivity (Wildman–Crippen MR) is 113 cm³/mol. The number of nitrogens with two attached hydrogens (primary N) is 2. The largest absolute Gasteiger partial charge is 0.473 e. The molecule has 0 aromatic carbocycles. The van der Waals surface area contributed by atoms with E-state index in [0.29, 0.717) is 25.9 Å². The van der Waals surface area contributed by atoms with Crippen molar-refractivity contribution in [2.24, 2.45) is 11.5 Å². The Hall–Kier alpha value is -2.20. The molecule has 0 radical (unpaired) electrons. The number of carboxylic acid groups (broad SMARTS) is 2. The lowest BCUT2D eigenvalue weighted by atomic mass is 10.2. The molecule has 0 aliphatic rings. The van der Waals surface area contributed by atoms with Crippen LogP contribution in [0.1, 0.15) is 80.1 Å². The van der Waals surface area contributed by atoms with Gasteiger partial charge in [0.15, 0.2) is 0 Å². The van der Waals surface area contributed by atoms with Crippen LogP contribution in [0.15, 0.2) is 0 Å². The van der Waals surface area contributed by atoms with E-state index in [1.54, 1.807) is 0 Å². The maximum atomic E-state index is 11.1. The molecule has 0 saturated carbocycles. The van der Waals surface area contributed by atoms with Crippen molar-refractivity contribution in [3.05, 3.63) is 0 Å². The third-order valence-corrected chi connectivity index (χ3v) is 2.69. The molecular formula is C20H40N2O8. The number of aliphatic carboxylic acids is 2. The molecule has 0 saturated heterocycles. The third kappa shape index (κ3) is 33.4. The molecule has 10 heteroatoms. The first-order valence-corrected chi connectivity index (χ1v) is 9.85. The van der Waals surface area contributed by atoms with E-state index in [1.807, 2.05) is 41.5 Å². The van der Waals surface area contributed by atoms with Crippen molar-refractivity contribution in [2.45, 2.75) is 91.3 Å². The quantitative estimate of drug-likeness (QED) is 0.250. The fourth-order valence-electron chi connectivity index (χ4n) is 1.61. The Morgan fingerprint density at radius 3 is 1.07 bits per heavy atom. The summed E-state index contributed by atoms with van der Waals surface area (Å²) in [5.74, 6) is -3.91. The first-order chi connectivity index (χ1) is 13.6. The van der Waals surface area contributed by atoms with Gasteiger partial charge in [-0.3, -0.25) is 9.59 Å². The minimum absolute atomic E-state index is 0.129. The van der Waals surface area contributed by atoms with Crippen LogP contribution in [0, 0.1) is 0 Å². The van der Waals surface area contributed by atoms with Gasteiger partial charge in [-0.2, -0.15) is 0 Å². The van der Waals surface area contributed by atoms with Crippen LogP contribution in [0.4, 0.5) is 0 Å². The van der Waals surface area contributed by atoms with Crippen LogP contribution in [-0.2, 0) is 28.7 Å². The van der Waals surface area contributed by atoms with Crippen LogP contribution in [0.5, 0.6) is 0 Å². The summed E-state index contributed by atoms with van der Waals surface area (Å²) in [5, 5.41) is 14.8. The van der Waals surface area contributed by atoms with E-state index in [4.69, 9.17) is 40.7 Å². The zero-order valence-electron chi connectivity index (χ0n) is 19.2. The van der Waals surface area contributed by atoms with Gasteiger partial charge >= 0.3 is 23.9 Å². The van der Waals surface area contributed by atoms with Gasteiger partial charge in [-0.1, -0.05) is 0 Å². The van der Waals surface area contributed by atoms with Crippen LogP contribution in [0.2, 0.25) is 0 Å². The van der Waals surface area contributed by atoms with E-state index in [0.717, 1.165) is 25.7 Å². The Morgan fingerprint density at radius 1 is 0.633 bits per heavy atom. The van der Waals surface area contributed by atoms with E-state index in [1.165, 1.54) is 0 Å². The number of carbonyl (C=O) groups excluding carboxylic acids is 2. The second-order valence-corrected chi connectivity index (χ2v) is 8.27. The van der Waals surface area contributed by atoms with Gasteiger partial charge in [0.1, 0.15) is 11.2 Å². The Morgan fingerprint density at radius 2 is 0.900 bits per heavy atom. The molecule has 0 spiro atoms.